The quantitative estimate of drug-likeness (QED) is 0.884. The maximum atomic E-state index is 13.6. The summed E-state index contributed by atoms with van der Waals surface area (Å²) in [5, 5.41) is 1.08. The van der Waals surface area contributed by atoms with Gasteiger partial charge in [-0.3, -0.25) is 0 Å². The van der Waals surface area contributed by atoms with Crippen molar-refractivity contribution in [3.63, 3.8) is 0 Å². The molecule has 2 N–H and O–H groups in total. The molecule has 0 saturated heterocycles. The van der Waals surface area contributed by atoms with Crippen molar-refractivity contribution in [1.29, 1.82) is 0 Å². The number of hydrogen-bond acceptors (Lipinski definition) is 1. The second kappa shape index (κ2) is 4.25. The van der Waals surface area contributed by atoms with Gasteiger partial charge in [0.25, 0.3) is 0 Å². The highest BCUT2D eigenvalue weighted by molar-refractivity contribution is 6.36. The van der Waals surface area contributed by atoms with Gasteiger partial charge in [-0.15, -0.1) is 0 Å². The van der Waals surface area contributed by atoms with Crippen LogP contribution in [0.4, 0.5) is 4.39 Å². The summed E-state index contributed by atoms with van der Waals surface area (Å²) in [6, 6.07) is 3.19. The van der Waals surface area contributed by atoms with Crippen molar-refractivity contribution in [3.05, 3.63) is 40.7 Å². The monoisotopic (exact) mass is 265 g/mol. The van der Waals surface area contributed by atoms with Gasteiger partial charge in [-0.25, -0.2) is 4.39 Å². The number of aromatic nitrogens is 1. The van der Waals surface area contributed by atoms with E-state index in [0.717, 1.165) is 30.2 Å². The van der Waals surface area contributed by atoms with Crippen LogP contribution in [-0.4, -0.2) is 4.57 Å². The Labute approximate surface area is 111 Å². The van der Waals surface area contributed by atoms with Crippen molar-refractivity contribution in [2.75, 3.05) is 0 Å². The molecular weight excluding hydrogens is 251 g/mol. The van der Waals surface area contributed by atoms with Gasteiger partial charge in [0.05, 0.1) is 16.7 Å². The summed E-state index contributed by atoms with van der Waals surface area (Å²) in [4.78, 5) is 0. The molecule has 1 radical (unpaired) electrons. The molecule has 0 aliphatic heterocycles. The summed E-state index contributed by atoms with van der Waals surface area (Å²) >= 11 is 6.13. The van der Waals surface area contributed by atoms with Crippen LogP contribution in [0, 0.1) is 12.2 Å². The Bertz CT molecular complexity index is 618. The lowest BCUT2D eigenvalue weighted by Gasteiger charge is -2.16. The maximum absolute atomic E-state index is 13.6. The third kappa shape index (κ3) is 1.50. The van der Waals surface area contributed by atoms with Crippen LogP contribution in [0.5, 0.6) is 0 Å². The molecule has 1 aliphatic rings. The van der Waals surface area contributed by atoms with Crippen LogP contribution in [0.1, 0.15) is 30.8 Å². The fourth-order valence-electron chi connectivity index (χ4n) is 2.93. The Kier molecular flexibility index (Phi) is 2.83. The van der Waals surface area contributed by atoms with Crippen molar-refractivity contribution in [1.82, 2.24) is 4.57 Å². The Morgan fingerprint density at radius 2 is 2.22 bits per heavy atom. The van der Waals surface area contributed by atoms with E-state index in [1.165, 1.54) is 17.3 Å². The number of fused-ring (bicyclic) bond motifs is 3. The largest absolute Gasteiger partial charge is 0.328 e. The van der Waals surface area contributed by atoms with Gasteiger partial charge in [-0.1, -0.05) is 18.5 Å². The molecule has 4 heteroatoms. The summed E-state index contributed by atoms with van der Waals surface area (Å²) < 4.78 is 15.7. The summed E-state index contributed by atoms with van der Waals surface area (Å²) in [7, 11) is 0. The maximum Gasteiger partial charge on any atom is 0.142 e. The van der Waals surface area contributed by atoms with E-state index in [9.17, 15) is 4.39 Å². The molecule has 0 saturated carbocycles. The van der Waals surface area contributed by atoms with Crippen molar-refractivity contribution < 1.29 is 4.39 Å². The molecule has 1 aromatic heterocycles. The van der Waals surface area contributed by atoms with E-state index in [1.807, 2.05) is 13.3 Å². The summed E-state index contributed by atoms with van der Waals surface area (Å²) in [6.07, 6.45) is 4.79. The van der Waals surface area contributed by atoms with Gasteiger partial charge in [0.2, 0.25) is 0 Å². The van der Waals surface area contributed by atoms with Gasteiger partial charge in [-0.05, 0) is 43.4 Å². The van der Waals surface area contributed by atoms with Crippen molar-refractivity contribution in [3.8, 4) is 0 Å². The number of nitrogens with two attached hydrogens (primary N) is 1. The van der Waals surface area contributed by atoms with Crippen LogP contribution < -0.4 is 5.73 Å². The SMILES string of the molecule is C[CH][C@@H](N)n1c2c(c3c(Cl)c(F)ccc31)CCC2. The molecule has 0 fully saturated rings. The number of aryl methyl sites for hydroxylation is 1. The number of benzene rings is 1. The fourth-order valence-corrected chi connectivity index (χ4v) is 3.20. The molecule has 3 rings (SSSR count). The average molecular weight is 266 g/mol. The second-order valence-corrected chi connectivity index (χ2v) is 5.11. The number of rotatable bonds is 2. The van der Waals surface area contributed by atoms with Crippen LogP contribution in [-0.2, 0) is 12.8 Å². The number of hydrogen-bond donors (Lipinski definition) is 1. The first-order valence-electron chi connectivity index (χ1n) is 6.20. The normalized spacial score (nSPS) is 16.2. The molecule has 0 spiro atoms. The molecule has 1 atom stereocenters. The van der Waals surface area contributed by atoms with E-state index in [2.05, 4.69) is 4.57 Å². The third-order valence-electron chi connectivity index (χ3n) is 3.75. The van der Waals surface area contributed by atoms with Crippen LogP contribution in [0.25, 0.3) is 10.9 Å². The minimum atomic E-state index is -0.356. The van der Waals surface area contributed by atoms with Gasteiger partial charge in [0, 0.05) is 11.1 Å². The Balaban J connectivity index is 2.40. The number of nitrogens with zero attached hydrogens (tertiary/aromatic N) is 1. The van der Waals surface area contributed by atoms with Crippen molar-refractivity contribution in [2.24, 2.45) is 5.73 Å². The Morgan fingerprint density at radius 1 is 1.44 bits per heavy atom. The van der Waals surface area contributed by atoms with Crippen LogP contribution in [0.3, 0.4) is 0 Å². The Morgan fingerprint density at radius 3 is 2.94 bits per heavy atom. The fraction of sp³-hybridized carbons (Fsp3) is 0.357. The minimum absolute atomic E-state index is 0.184. The molecule has 2 nitrogen and oxygen atoms in total. The average Bonchev–Trinajstić information content (AvgIpc) is 2.92. The lowest BCUT2D eigenvalue weighted by Crippen LogP contribution is -2.19. The first-order chi connectivity index (χ1) is 8.65. The van der Waals surface area contributed by atoms with Gasteiger partial charge >= 0.3 is 0 Å². The molecule has 0 amide bonds. The summed E-state index contributed by atoms with van der Waals surface area (Å²) in [5.41, 5.74) is 9.46. The van der Waals surface area contributed by atoms with Gasteiger partial charge in [0.15, 0.2) is 0 Å². The molecule has 0 unspecified atom stereocenters. The minimum Gasteiger partial charge on any atom is -0.328 e. The first-order valence-corrected chi connectivity index (χ1v) is 6.57. The Hall–Kier alpha value is -1.06. The molecular formula is C14H15ClFN2. The predicted octanol–water partition coefficient (Wildman–Crippen LogP) is 3.60. The van der Waals surface area contributed by atoms with Crippen LogP contribution in [0.15, 0.2) is 12.1 Å². The van der Waals surface area contributed by atoms with E-state index < -0.39 is 0 Å². The highest BCUT2D eigenvalue weighted by Crippen LogP contribution is 2.39. The topological polar surface area (TPSA) is 30.9 Å². The van der Waals surface area contributed by atoms with E-state index in [-0.39, 0.29) is 17.0 Å². The molecule has 1 aromatic carbocycles. The lowest BCUT2D eigenvalue weighted by atomic mass is 10.1. The standard InChI is InChI=1S/C14H15ClFN2/c1-2-12(17)18-10-5-3-4-8(10)13-11(18)7-6-9(16)14(13)15/h2,6-7,12H,3-5,17H2,1H3/t12-/m0/s1. The molecule has 1 heterocycles. The molecule has 95 valence electrons. The third-order valence-corrected chi connectivity index (χ3v) is 4.12. The van der Waals surface area contributed by atoms with Crippen LogP contribution in [0.2, 0.25) is 5.02 Å². The summed E-state index contributed by atoms with van der Waals surface area (Å²) in [5.74, 6) is -0.356. The summed E-state index contributed by atoms with van der Waals surface area (Å²) in [6.45, 7) is 1.93. The predicted molar refractivity (Wildman–Crippen MR) is 72.1 cm³/mol. The second-order valence-electron chi connectivity index (χ2n) is 4.73. The van der Waals surface area contributed by atoms with Gasteiger partial charge in [0.1, 0.15) is 5.82 Å². The highest BCUT2D eigenvalue weighted by Gasteiger charge is 2.26. The smallest absolute Gasteiger partial charge is 0.142 e. The lowest BCUT2D eigenvalue weighted by molar-refractivity contribution is 0.588. The zero-order valence-electron chi connectivity index (χ0n) is 10.2. The first kappa shape index (κ1) is 12.0. The molecule has 18 heavy (non-hydrogen) atoms. The van der Waals surface area contributed by atoms with Crippen molar-refractivity contribution >= 4 is 22.5 Å². The molecule has 2 aromatic rings. The zero-order chi connectivity index (χ0) is 12.9. The van der Waals surface area contributed by atoms with Crippen LogP contribution >= 0.6 is 11.6 Å². The van der Waals surface area contributed by atoms with E-state index in [4.69, 9.17) is 17.3 Å². The van der Waals surface area contributed by atoms with E-state index in [1.54, 1.807) is 6.07 Å². The van der Waals surface area contributed by atoms with Crippen molar-refractivity contribution in [2.45, 2.75) is 32.4 Å². The molecule has 0 bridgehead atoms. The zero-order valence-corrected chi connectivity index (χ0v) is 11.0. The van der Waals surface area contributed by atoms with Gasteiger partial charge in [-0.2, -0.15) is 0 Å². The molecule has 1 aliphatic carbocycles. The van der Waals surface area contributed by atoms with Gasteiger partial charge < -0.3 is 10.3 Å². The van der Waals surface area contributed by atoms with E-state index in [0.29, 0.717) is 0 Å². The number of halogens is 2. The van der Waals surface area contributed by atoms with E-state index >= 15 is 0 Å². The highest BCUT2D eigenvalue weighted by atomic mass is 35.5.